The van der Waals surface area contributed by atoms with E-state index in [1.807, 2.05) is 48.5 Å². The highest BCUT2D eigenvalue weighted by molar-refractivity contribution is 5.61. The average Bonchev–Trinajstić information content (AvgIpc) is 2.43. The van der Waals surface area contributed by atoms with E-state index in [1.165, 1.54) is 6.08 Å². The van der Waals surface area contributed by atoms with Gasteiger partial charge in [-0.15, -0.1) is 0 Å². The topological polar surface area (TPSA) is 62.7 Å². The monoisotopic (exact) mass is 223 g/mol. The van der Waals surface area contributed by atoms with E-state index in [0.717, 1.165) is 0 Å². The third-order valence-corrected chi connectivity index (χ3v) is 1.85. The summed E-state index contributed by atoms with van der Waals surface area (Å²) in [5.74, 6) is 0. The van der Waals surface area contributed by atoms with Gasteiger partial charge in [0.05, 0.1) is 17.5 Å². The Balaban J connectivity index is 0.000000202. The minimum atomic E-state index is 0.396. The molecule has 1 aromatic heterocycles. The van der Waals surface area contributed by atoms with Gasteiger partial charge < -0.3 is 5.73 Å². The Bertz CT molecular complexity index is 457. The second kappa shape index (κ2) is 7.66. The number of rotatable bonds is 1. The van der Waals surface area contributed by atoms with Crippen LogP contribution in [0.15, 0.2) is 66.9 Å². The molecule has 0 radical (unpaired) electrons. The predicted molar refractivity (Wildman–Crippen MR) is 68.5 cm³/mol. The number of aromatic nitrogens is 1. The van der Waals surface area contributed by atoms with Crippen molar-refractivity contribution in [3.63, 3.8) is 0 Å². The molecule has 0 amide bonds. The van der Waals surface area contributed by atoms with Gasteiger partial charge in [-0.25, -0.2) is 0 Å². The summed E-state index contributed by atoms with van der Waals surface area (Å²) in [5, 5.41) is 8.26. The predicted octanol–water partition coefficient (Wildman–Crippen LogP) is 2.59. The number of allylic oxidation sites excluding steroid dienone is 1. The molecule has 3 nitrogen and oxygen atoms in total. The van der Waals surface area contributed by atoms with E-state index in [1.54, 1.807) is 18.3 Å². The van der Waals surface area contributed by atoms with E-state index in [9.17, 15) is 0 Å². The van der Waals surface area contributed by atoms with Crippen LogP contribution < -0.4 is 5.73 Å². The molecule has 3 heteroatoms. The Kier molecular flexibility index (Phi) is 5.62. The Labute approximate surface area is 101 Å². The highest BCUT2D eigenvalue weighted by Gasteiger charge is 1.93. The SMILES string of the molecule is N#C/C=C(\N)c1ccccn1.c1ccccc1. The van der Waals surface area contributed by atoms with Crippen molar-refractivity contribution in [2.75, 3.05) is 0 Å². The van der Waals surface area contributed by atoms with Crippen molar-refractivity contribution in [1.29, 1.82) is 5.26 Å². The zero-order chi connectivity index (χ0) is 12.3. The Morgan fingerprint density at radius 3 is 2.06 bits per heavy atom. The molecule has 0 atom stereocenters. The van der Waals surface area contributed by atoms with Crippen molar-refractivity contribution in [2.45, 2.75) is 0 Å². The third kappa shape index (κ3) is 5.14. The molecule has 0 aliphatic rings. The normalized spacial score (nSPS) is 9.71. The van der Waals surface area contributed by atoms with Crippen molar-refractivity contribution >= 4 is 5.70 Å². The van der Waals surface area contributed by atoms with Crippen LogP contribution in [0.3, 0.4) is 0 Å². The van der Waals surface area contributed by atoms with Gasteiger partial charge in [0.2, 0.25) is 0 Å². The fourth-order valence-corrected chi connectivity index (χ4v) is 1.06. The summed E-state index contributed by atoms with van der Waals surface area (Å²) in [5.41, 5.74) is 6.51. The largest absolute Gasteiger partial charge is 0.396 e. The van der Waals surface area contributed by atoms with E-state index in [4.69, 9.17) is 11.0 Å². The summed E-state index contributed by atoms with van der Waals surface area (Å²) in [6.07, 6.45) is 2.90. The molecule has 0 aliphatic carbocycles. The molecule has 1 aromatic carbocycles. The fourth-order valence-electron chi connectivity index (χ4n) is 1.06. The van der Waals surface area contributed by atoms with Crippen LogP contribution in [-0.4, -0.2) is 4.98 Å². The molecule has 2 rings (SSSR count). The quantitative estimate of drug-likeness (QED) is 0.756. The van der Waals surface area contributed by atoms with Gasteiger partial charge in [-0.1, -0.05) is 42.5 Å². The van der Waals surface area contributed by atoms with Gasteiger partial charge in [-0.2, -0.15) is 5.26 Å². The van der Waals surface area contributed by atoms with Gasteiger partial charge in [0, 0.05) is 12.3 Å². The van der Waals surface area contributed by atoms with E-state index in [2.05, 4.69) is 4.98 Å². The number of nitrogens with zero attached hydrogens (tertiary/aromatic N) is 2. The first-order valence-corrected chi connectivity index (χ1v) is 5.11. The van der Waals surface area contributed by atoms with Crippen molar-refractivity contribution in [2.24, 2.45) is 5.73 Å². The third-order valence-electron chi connectivity index (χ3n) is 1.85. The average molecular weight is 223 g/mol. The zero-order valence-electron chi connectivity index (χ0n) is 9.32. The molecule has 84 valence electrons. The first kappa shape index (κ1) is 12.5. The van der Waals surface area contributed by atoms with E-state index in [0.29, 0.717) is 11.4 Å². The lowest BCUT2D eigenvalue weighted by atomic mass is 10.3. The Hall–Kier alpha value is -2.60. The summed E-state index contributed by atoms with van der Waals surface area (Å²) in [6.45, 7) is 0. The molecule has 0 bridgehead atoms. The minimum Gasteiger partial charge on any atom is -0.396 e. The van der Waals surface area contributed by atoms with Gasteiger partial charge in [0.25, 0.3) is 0 Å². The zero-order valence-corrected chi connectivity index (χ0v) is 9.32. The molecule has 0 fully saturated rings. The second-order valence-corrected chi connectivity index (χ2v) is 3.10. The fraction of sp³-hybridized carbons (Fsp3) is 0. The molecule has 0 aliphatic heterocycles. The summed E-state index contributed by atoms with van der Waals surface area (Å²) < 4.78 is 0. The van der Waals surface area contributed by atoms with Crippen LogP contribution in [0.1, 0.15) is 5.69 Å². The lowest BCUT2D eigenvalue weighted by Crippen LogP contribution is -1.97. The minimum absolute atomic E-state index is 0.396. The lowest BCUT2D eigenvalue weighted by Gasteiger charge is -1.95. The van der Waals surface area contributed by atoms with Crippen LogP contribution in [0.5, 0.6) is 0 Å². The second-order valence-electron chi connectivity index (χ2n) is 3.10. The summed E-state index contributed by atoms with van der Waals surface area (Å²) in [7, 11) is 0. The van der Waals surface area contributed by atoms with Crippen molar-refractivity contribution in [1.82, 2.24) is 4.98 Å². The molecular weight excluding hydrogens is 210 g/mol. The molecule has 0 unspecified atom stereocenters. The standard InChI is InChI=1S/C8H7N3.C6H6/c9-5-4-7(10)8-3-1-2-6-11-8;1-2-4-6-5-3-1/h1-4,6H,10H2;1-6H/b7-4-;. The number of hydrogen-bond acceptors (Lipinski definition) is 3. The molecule has 0 saturated carbocycles. The molecule has 2 N–H and O–H groups in total. The number of nitrogens with two attached hydrogens (primary N) is 1. The maximum absolute atomic E-state index is 8.26. The molecule has 1 heterocycles. The maximum atomic E-state index is 8.26. The molecule has 2 aromatic rings. The van der Waals surface area contributed by atoms with Crippen molar-refractivity contribution in [3.8, 4) is 6.07 Å². The molecule has 17 heavy (non-hydrogen) atoms. The van der Waals surface area contributed by atoms with E-state index in [-0.39, 0.29) is 0 Å². The molecular formula is C14H13N3. The highest BCUT2D eigenvalue weighted by Crippen LogP contribution is 2.02. The van der Waals surface area contributed by atoms with E-state index >= 15 is 0 Å². The van der Waals surface area contributed by atoms with Gasteiger partial charge in [-0.3, -0.25) is 4.98 Å². The van der Waals surface area contributed by atoms with Crippen molar-refractivity contribution < 1.29 is 0 Å². The van der Waals surface area contributed by atoms with Crippen LogP contribution in [0.4, 0.5) is 0 Å². The van der Waals surface area contributed by atoms with E-state index < -0.39 is 0 Å². The Morgan fingerprint density at radius 2 is 1.65 bits per heavy atom. The van der Waals surface area contributed by atoms with Crippen LogP contribution in [0.25, 0.3) is 5.70 Å². The first-order chi connectivity index (χ1) is 8.34. The van der Waals surface area contributed by atoms with Gasteiger partial charge >= 0.3 is 0 Å². The summed E-state index contributed by atoms with van der Waals surface area (Å²) in [6, 6.07) is 19.2. The smallest absolute Gasteiger partial charge is 0.0934 e. The number of pyridine rings is 1. The number of hydrogen-bond donors (Lipinski definition) is 1. The highest BCUT2D eigenvalue weighted by atomic mass is 14.7. The number of nitriles is 1. The maximum Gasteiger partial charge on any atom is 0.0934 e. The van der Waals surface area contributed by atoms with Crippen LogP contribution in [-0.2, 0) is 0 Å². The molecule has 0 saturated heterocycles. The van der Waals surface area contributed by atoms with Crippen molar-refractivity contribution in [3.05, 3.63) is 72.6 Å². The van der Waals surface area contributed by atoms with Crippen LogP contribution in [0.2, 0.25) is 0 Å². The summed E-state index contributed by atoms with van der Waals surface area (Å²) in [4.78, 5) is 3.95. The lowest BCUT2D eigenvalue weighted by molar-refractivity contribution is 1.26. The van der Waals surface area contributed by atoms with Gasteiger partial charge in [-0.05, 0) is 12.1 Å². The van der Waals surface area contributed by atoms with Gasteiger partial charge in [0.1, 0.15) is 0 Å². The van der Waals surface area contributed by atoms with Crippen LogP contribution >= 0.6 is 0 Å². The van der Waals surface area contributed by atoms with Gasteiger partial charge in [0.15, 0.2) is 0 Å². The Morgan fingerprint density at radius 1 is 1.06 bits per heavy atom. The summed E-state index contributed by atoms with van der Waals surface area (Å²) >= 11 is 0. The molecule has 0 spiro atoms. The van der Waals surface area contributed by atoms with Crippen LogP contribution in [0, 0.1) is 11.3 Å². The number of benzene rings is 1. The first-order valence-electron chi connectivity index (χ1n) is 5.11.